The number of halogens is 2. The fraction of sp³-hybridized carbons (Fsp3) is 0.0500. The summed E-state index contributed by atoms with van der Waals surface area (Å²) in [4.78, 5) is 12.1. The summed E-state index contributed by atoms with van der Waals surface area (Å²) in [5.41, 5.74) is 2.47. The Morgan fingerprint density at radius 2 is 1.75 bits per heavy atom. The van der Waals surface area contributed by atoms with E-state index in [1.54, 1.807) is 48.5 Å². The highest BCUT2D eigenvalue weighted by molar-refractivity contribution is 6.35. The smallest absolute Gasteiger partial charge is 0.185 e. The van der Waals surface area contributed by atoms with E-state index in [4.69, 9.17) is 27.6 Å². The molecule has 3 rings (SSSR count). The molecular formula is C20H14Cl2O2. The van der Waals surface area contributed by atoms with Crippen LogP contribution in [0.5, 0.6) is 0 Å². The first-order valence-corrected chi connectivity index (χ1v) is 8.13. The number of carbonyl (C=O) groups is 1. The lowest BCUT2D eigenvalue weighted by atomic mass is 10.1. The predicted octanol–water partition coefficient (Wildman–Crippen LogP) is 6.46. The topological polar surface area (TPSA) is 30.2 Å². The molecule has 0 spiro atoms. The van der Waals surface area contributed by atoms with Gasteiger partial charge < -0.3 is 4.42 Å². The summed E-state index contributed by atoms with van der Waals surface area (Å²) in [5.74, 6) is 1.10. The van der Waals surface area contributed by atoms with E-state index < -0.39 is 0 Å². The van der Waals surface area contributed by atoms with Crippen molar-refractivity contribution in [3.05, 3.63) is 87.6 Å². The largest absolute Gasteiger partial charge is 0.457 e. The lowest BCUT2D eigenvalue weighted by molar-refractivity contribution is 0.104. The third-order valence-electron chi connectivity index (χ3n) is 3.56. The number of hydrogen-bond acceptors (Lipinski definition) is 2. The molecule has 0 aliphatic heterocycles. The predicted molar refractivity (Wildman–Crippen MR) is 98.7 cm³/mol. The van der Waals surface area contributed by atoms with E-state index in [1.807, 2.05) is 19.1 Å². The number of carbonyl (C=O) groups excluding carboxylic acids is 1. The zero-order chi connectivity index (χ0) is 17.1. The molecule has 0 N–H and O–H groups in total. The minimum absolute atomic E-state index is 0.0752. The third kappa shape index (κ3) is 3.78. The number of hydrogen-bond donors (Lipinski definition) is 0. The van der Waals surface area contributed by atoms with Crippen molar-refractivity contribution in [3.8, 4) is 11.3 Å². The second kappa shape index (κ2) is 7.08. The third-order valence-corrected chi connectivity index (χ3v) is 4.12. The molecule has 0 radical (unpaired) electrons. The maximum absolute atomic E-state index is 12.1. The number of aryl methyl sites for hydroxylation is 1. The maximum Gasteiger partial charge on any atom is 0.185 e. The summed E-state index contributed by atoms with van der Waals surface area (Å²) in [6.45, 7) is 1.98. The Labute approximate surface area is 150 Å². The van der Waals surface area contributed by atoms with Crippen LogP contribution < -0.4 is 0 Å². The van der Waals surface area contributed by atoms with Crippen molar-refractivity contribution >= 4 is 35.1 Å². The summed E-state index contributed by atoms with van der Waals surface area (Å²) in [6, 6.07) is 16.2. The lowest BCUT2D eigenvalue weighted by Gasteiger charge is -2.01. The van der Waals surface area contributed by atoms with Crippen molar-refractivity contribution in [1.82, 2.24) is 0 Å². The fourth-order valence-electron chi connectivity index (χ4n) is 2.25. The normalized spacial score (nSPS) is 11.1. The van der Waals surface area contributed by atoms with E-state index in [2.05, 4.69) is 0 Å². The number of ketones is 1. The maximum atomic E-state index is 12.1. The van der Waals surface area contributed by atoms with Gasteiger partial charge in [-0.25, -0.2) is 0 Å². The first kappa shape index (κ1) is 16.6. The van der Waals surface area contributed by atoms with Crippen molar-refractivity contribution in [2.45, 2.75) is 6.92 Å². The minimum Gasteiger partial charge on any atom is -0.457 e. The molecule has 0 fully saturated rings. The molecule has 4 heteroatoms. The molecule has 1 aromatic heterocycles. The van der Waals surface area contributed by atoms with Gasteiger partial charge in [-0.2, -0.15) is 0 Å². The van der Waals surface area contributed by atoms with Gasteiger partial charge >= 0.3 is 0 Å². The zero-order valence-corrected chi connectivity index (χ0v) is 14.4. The molecule has 0 saturated carbocycles. The Morgan fingerprint density at radius 3 is 2.50 bits per heavy atom. The molecule has 0 aliphatic carbocycles. The Bertz CT molecular complexity index is 906. The fourth-order valence-corrected chi connectivity index (χ4v) is 2.63. The van der Waals surface area contributed by atoms with Crippen LogP contribution in [0.15, 0.2) is 65.1 Å². The molecule has 2 nitrogen and oxygen atoms in total. The van der Waals surface area contributed by atoms with Crippen LogP contribution in [0.3, 0.4) is 0 Å². The summed E-state index contributed by atoms with van der Waals surface area (Å²) in [5, 5.41) is 1.14. The summed E-state index contributed by atoms with van der Waals surface area (Å²) in [6.07, 6.45) is 3.14. The van der Waals surface area contributed by atoms with Gasteiger partial charge in [0.2, 0.25) is 0 Å². The van der Waals surface area contributed by atoms with E-state index in [9.17, 15) is 4.79 Å². The summed E-state index contributed by atoms with van der Waals surface area (Å²) < 4.78 is 5.73. The second-order valence-electron chi connectivity index (χ2n) is 5.39. The van der Waals surface area contributed by atoms with E-state index >= 15 is 0 Å². The van der Waals surface area contributed by atoms with Crippen LogP contribution in [-0.2, 0) is 0 Å². The van der Waals surface area contributed by atoms with Gasteiger partial charge in [0.1, 0.15) is 11.5 Å². The van der Waals surface area contributed by atoms with E-state index in [0.29, 0.717) is 32.7 Å². The molecule has 0 amide bonds. The van der Waals surface area contributed by atoms with Crippen LogP contribution in [0.4, 0.5) is 0 Å². The van der Waals surface area contributed by atoms with Crippen molar-refractivity contribution in [3.63, 3.8) is 0 Å². The monoisotopic (exact) mass is 356 g/mol. The van der Waals surface area contributed by atoms with Gasteiger partial charge in [0.15, 0.2) is 5.78 Å². The van der Waals surface area contributed by atoms with Crippen molar-refractivity contribution in [2.75, 3.05) is 0 Å². The van der Waals surface area contributed by atoms with Crippen molar-refractivity contribution in [1.29, 1.82) is 0 Å². The molecule has 3 aromatic rings. The molecule has 0 unspecified atom stereocenters. The molecular weight excluding hydrogens is 343 g/mol. The number of allylic oxidation sites excluding steroid dienone is 1. The Kier molecular flexibility index (Phi) is 4.89. The molecule has 2 aromatic carbocycles. The van der Waals surface area contributed by atoms with Crippen LogP contribution >= 0.6 is 23.2 Å². The molecule has 0 bridgehead atoms. The van der Waals surface area contributed by atoms with Crippen LogP contribution in [-0.4, -0.2) is 5.78 Å². The highest BCUT2D eigenvalue weighted by atomic mass is 35.5. The van der Waals surface area contributed by atoms with Gasteiger partial charge in [0, 0.05) is 16.1 Å². The zero-order valence-electron chi connectivity index (χ0n) is 12.9. The van der Waals surface area contributed by atoms with Crippen LogP contribution in [0.2, 0.25) is 10.0 Å². The number of rotatable bonds is 4. The van der Waals surface area contributed by atoms with E-state index in [0.717, 1.165) is 5.56 Å². The molecule has 24 heavy (non-hydrogen) atoms. The van der Waals surface area contributed by atoms with Crippen LogP contribution in [0.25, 0.3) is 17.4 Å². The van der Waals surface area contributed by atoms with E-state index in [-0.39, 0.29) is 5.78 Å². The van der Waals surface area contributed by atoms with E-state index in [1.165, 1.54) is 6.08 Å². The highest BCUT2D eigenvalue weighted by Gasteiger charge is 2.09. The van der Waals surface area contributed by atoms with Crippen molar-refractivity contribution < 1.29 is 9.21 Å². The second-order valence-corrected chi connectivity index (χ2v) is 6.23. The van der Waals surface area contributed by atoms with Gasteiger partial charge in [0.25, 0.3) is 0 Å². The van der Waals surface area contributed by atoms with Crippen LogP contribution in [0.1, 0.15) is 21.7 Å². The quantitative estimate of drug-likeness (QED) is 0.396. The lowest BCUT2D eigenvalue weighted by Crippen LogP contribution is -1.93. The van der Waals surface area contributed by atoms with Gasteiger partial charge in [0.05, 0.1) is 5.02 Å². The Morgan fingerprint density at radius 1 is 1.00 bits per heavy atom. The van der Waals surface area contributed by atoms with Gasteiger partial charge in [-0.1, -0.05) is 53.0 Å². The molecule has 0 atom stereocenters. The molecule has 1 heterocycles. The Balaban J connectivity index is 1.79. The Hall–Kier alpha value is -2.29. The summed E-state index contributed by atoms with van der Waals surface area (Å²) >= 11 is 12.2. The van der Waals surface area contributed by atoms with Gasteiger partial charge in [-0.15, -0.1) is 0 Å². The highest BCUT2D eigenvalue weighted by Crippen LogP contribution is 2.32. The number of benzene rings is 2. The first-order chi connectivity index (χ1) is 11.5. The van der Waals surface area contributed by atoms with Gasteiger partial charge in [-0.3, -0.25) is 4.79 Å². The average Bonchev–Trinajstić information content (AvgIpc) is 3.04. The standard InChI is InChI=1S/C20H14Cl2O2/c1-13-2-4-14(5-3-13)19(23)10-7-16-8-11-20(24-16)17-12-15(21)6-9-18(17)22/h2-12H,1H3. The van der Waals surface area contributed by atoms with Crippen LogP contribution in [0, 0.1) is 6.92 Å². The number of furan rings is 1. The molecule has 120 valence electrons. The summed E-state index contributed by atoms with van der Waals surface area (Å²) in [7, 11) is 0. The minimum atomic E-state index is -0.0752. The first-order valence-electron chi connectivity index (χ1n) is 7.37. The average molecular weight is 357 g/mol. The van der Waals surface area contributed by atoms with Gasteiger partial charge in [-0.05, 0) is 49.4 Å². The van der Waals surface area contributed by atoms with Crippen molar-refractivity contribution in [2.24, 2.45) is 0 Å². The SMILES string of the molecule is Cc1ccc(C(=O)C=Cc2ccc(-c3cc(Cl)ccc3Cl)o2)cc1. The molecule has 0 saturated heterocycles. The molecule has 0 aliphatic rings.